The lowest BCUT2D eigenvalue weighted by Gasteiger charge is -2.40. The Labute approximate surface area is 274 Å². The monoisotopic (exact) mass is 666 g/mol. The van der Waals surface area contributed by atoms with Crippen LogP contribution >= 0.6 is 11.6 Å². The van der Waals surface area contributed by atoms with Crippen molar-refractivity contribution in [2.45, 2.75) is 44.4 Å². The van der Waals surface area contributed by atoms with E-state index in [1.165, 1.54) is 23.9 Å². The van der Waals surface area contributed by atoms with Crippen molar-refractivity contribution < 1.29 is 19.1 Å². The van der Waals surface area contributed by atoms with E-state index in [1.807, 2.05) is 17.9 Å². The number of nitrogens with one attached hydrogen (secondary N) is 5. The van der Waals surface area contributed by atoms with Crippen LogP contribution in [0.3, 0.4) is 0 Å². The number of rotatable bonds is 12. The third-order valence-electron chi connectivity index (χ3n) is 7.22. The molecule has 2 aromatic heterocycles. The predicted octanol–water partition coefficient (Wildman–Crippen LogP) is 1.13. The Morgan fingerprint density at radius 2 is 2.09 bits per heavy atom. The van der Waals surface area contributed by atoms with Crippen molar-refractivity contribution in [2.24, 2.45) is 11.5 Å². The van der Waals surface area contributed by atoms with E-state index in [1.54, 1.807) is 6.07 Å². The molecule has 3 heterocycles. The summed E-state index contributed by atoms with van der Waals surface area (Å²) >= 11 is 6.91. The van der Waals surface area contributed by atoms with Gasteiger partial charge in [-0.25, -0.2) is 9.78 Å². The summed E-state index contributed by atoms with van der Waals surface area (Å²) in [5, 5.41) is 42.8. The number of carbonyl (C=O) groups excluding carboxylic acids is 2. The van der Waals surface area contributed by atoms with Crippen LogP contribution in [-0.4, -0.2) is 89.1 Å². The zero-order valence-corrected chi connectivity index (χ0v) is 26.5. The topological polar surface area (TPSA) is 271 Å². The Morgan fingerprint density at radius 1 is 1.30 bits per heavy atom. The average Bonchev–Trinajstić information content (AvgIpc) is 3.48. The molecule has 1 amide bonds. The van der Waals surface area contributed by atoms with Gasteiger partial charge >= 0.3 is 12.1 Å². The second-order valence-corrected chi connectivity index (χ2v) is 10.8. The van der Waals surface area contributed by atoms with Crippen molar-refractivity contribution in [3.05, 3.63) is 34.6 Å². The van der Waals surface area contributed by atoms with Crippen molar-refractivity contribution in [3.63, 3.8) is 0 Å². The molecule has 248 valence electrons. The van der Waals surface area contributed by atoms with Gasteiger partial charge in [0.25, 0.3) is 0 Å². The minimum Gasteiger partial charge on any atom is -0.457 e. The molecule has 1 fully saturated rings. The maximum absolute atomic E-state index is 13.0. The molecule has 0 unspecified atom stereocenters. The van der Waals surface area contributed by atoms with Gasteiger partial charge in [0.1, 0.15) is 18.2 Å². The number of alkyl carbamates (subject to hydrolysis) is 1. The number of anilines is 4. The van der Waals surface area contributed by atoms with Gasteiger partial charge in [0.05, 0.1) is 53.9 Å². The molecule has 1 saturated heterocycles. The second kappa shape index (κ2) is 15.6. The normalized spacial score (nSPS) is 16.3. The highest BCUT2D eigenvalue weighted by Crippen LogP contribution is 2.37. The summed E-state index contributed by atoms with van der Waals surface area (Å²) in [7, 11) is 1.23. The number of amides is 1. The number of nitriles is 2. The molecular weight excluding hydrogens is 632 g/mol. The van der Waals surface area contributed by atoms with Crippen LogP contribution in [0.25, 0.3) is 5.65 Å². The van der Waals surface area contributed by atoms with Gasteiger partial charge in [-0.15, -0.1) is 5.10 Å². The molecule has 3 aromatic rings. The molecule has 18 nitrogen and oxygen atoms in total. The van der Waals surface area contributed by atoms with Crippen LogP contribution in [0.4, 0.5) is 27.9 Å². The first-order valence-electron chi connectivity index (χ1n) is 14.6. The summed E-state index contributed by atoms with van der Waals surface area (Å²) in [6.45, 7) is 3.25. The Morgan fingerprint density at radius 3 is 2.77 bits per heavy atom. The van der Waals surface area contributed by atoms with Crippen LogP contribution in [0, 0.1) is 28.1 Å². The van der Waals surface area contributed by atoms with E-state index >= 15 is 0 Å². The summed E-state index contributed by atoms with van der Waals surface area (Å²) in [4.78, 5) is 35.6. The third-order valence-corrected chi connectivity index (χ3v) is 7.61. The fourth-order valence-electron chi connectivity index (χ4n) is 4.94. The van der Waals surface area contributed by atoms with E-state index in [0.717, 1.165) is 0 Å². The Hall–Kier alpha value is -5.59. The number of imidazole rings is 1. The first kappa shape index (κ1) is 34.3. The van der Waals surface area contributed by atoms with E-state index in [9.17, 15) is 20.1 Å². The molecule has 0 radical (unpaired) electrons. The maximum atomic E-state index is 13.0. The SMILES string of the molecule is CCNc1nc(Nc2cc(C#N)cc(N3CC[C@@H](NC(=O)OC)[C@H](OC(=O)[C@@H](N)CCCNC(=N)N)C3)c2Cl)nn2c(C#N)cnc12. The molecule has 4 rings (SSSR count). The van der Waals surface area contributed by atoms with E-state index < -0.39 is 30.3 Å². The van der Waals surface area contributed by atoms with Crippen LogP contribution in [0.15, 0.2) is 18.3 Å². The number of piperidine rings is 1. The van der Waals surface area contributed by atoms with Crippen LogP contribution in [0.1, 0.15) is 37.4 Å². The number of guanidine groups is 1. The van der Waals surface area contributed by atoms with Crippen LogP contribution in [-0.2, 0) is 14.3 Å². The van der Waals surface area contributed by atoms with Gasteiger partial charge in [-0.1, -0.05) is 11.6 Å². The maximum Gasteiger partial charge on any atom is 0.407 e. The molecule has 1 aliphatic rings. The Kier molecular flexibility index (Phi) is 11.4. The molecule has 19 heteroatoms. The van der Waals surface area contributed by atoms with Crippen LogP contribution < -0.4 is 37.6 Å². The smallest absolute Gasteiger partial charge is 0.407 e. The average molecular weight is 667 g/mol. The Balaban J connectivity index is 1.60. The summed E-state index contributed by atoms with van der Waals surface area (Å²) in [5.74, 6) is -0.379. The van der Waals surface area contributed by atoms with Crippen LogP contribution in [0.2, 0.25) is 5.02 Å². The van der Waals surface area contributed by atoms with Crippen molar-refractivity contribution in [3.8, 4) is 12.1 Å². The lowest BCUT2D eigenvalue weighted by Crippen LogP contribution is -2.56. The van der Waals surface area contributed by atoms with E-state index in [0.29, 0.717) is 55.3 Å². The number of nitrogens with zero attached hydrogens (tertiary/aromatic N) is 7. The summed E-state index contributed by atoms with van der Waals surface area (Å²) < 4.78 is 11.9. The lowest BCUT2D eigenvalue weighted by molar-refractivity contribution is -0.152. The first-order chi connectivity index (χ1) is 22.6. The number of aromatic nitrogens is 4. The first-order valence-corrected chi connectivity index (χ1v) is 15.0. The largest absolute Gasteiger partial charge is 0.457 e. The van der Waals surface area contributed by atoms with Crippen molar-refractivity contribution in [2.75, 3.05) is 48.8 Å². The van der Waals surface area contributed by atoms with Crippen molar-refractivity contribution in [1.29, 1.82) is 15.9 Å². The fourth-order valence-corrected chi connectivity index (χ4v) is 5.22. The van der Waals surface area contributed by atoms with Gasteiger partial charge in [-0.05, 0) is 38.3 Å². The molecule has 47 heavy (non-hydrogen) atoms. The number of hydrogen-bond donors (Lipinski definition) is 7. The fraction of sp³-hybridized carbons (Fsp3) is 0.429. The summed E-state index contributed by atoms with van der Waals surface area (Å²) in [5.41, 5.74) is 13.0. The van der Waals surface area contributed by atoms with Crippen LogP contribution in [0.5, 0.6) is 0 Å². The zero-order chi connectivity index (χ0) is 34.1. The molecule has 0 aliphatic carbocycles. The highest BCUT2D eigenvalue weighted by atomic mass is 35.5. The number of fused-ring (bicyclic) bond motifs is 1. The number of hydrogen-bond acceptors (Lipinski definition) is 14. The van der Waals surface area contributed by atoms with Crippen molar-refractivity contribution in [1.82, 2.24) is 30.2 Å². The highest BCUT2D eigenvalue weighted by molar-refractivity contribution is 6.36. The quantitative estimate of drug-likeness (QED) is 0.0618. The minimum atomic E-state index is -0.958. The predicted molar refractivity (Wildman–Crippen MR) is 172 cm³/mol. The standard InChI is InChI=1S/C28H35ClN14O4/c1-3-35-23-24-37-13-16(12-31)43(24)41-27(40-23)38-19-9-15(11-30)10-20(22(19)29)42-8-6-18(39-28(45)46-2)21(14-42)47-25(44)17(32)5-4-7-36-26(33)34/h9-10,13,17-18,21H,3-8,14,32H2,1-2H3,(H,39,45)(H4,33,34,36)(H2,35,38,40,41)/t17-,18+,21+/m0/s1. The van der Waals surface area contributed by atoms with Gasteiger partial charge in [-0.3, -0.25) is 10.2 Å². The molecule has 3 atom stereocenters. The number of nitrogens with two attached hydrogens (primary N) is 2. The molecule has 1 aromatic carbocycles. The van der Waals surface area contributed by atoms with Crippen molar-refractivity contribution >= 4 is 58.4 Å². The number of methoxy groups -OCH3 is 1. The van der Waals surface area contributed by atoms with Gasteiger partial charge in [0.2, 0.25) is 5.95 Å². The zero-order valence-electron chi connectivity index (χ0n) is 25.7. The number of benzene rings is 1. The molecular formula is C28H35ClN14O4. The summed E-state index contributed by atoms with van der Waals surface area (Å²) in [6, 6.07) is 5.75. The molecule has 0 saturated carbocycles. The molecule has 9 N–H and O–H groups in total. The van der Waals surface area contributed by atoms with Gasteiger partial charge < -0.3 is 47.1 Å². The second-order valence-electron chi connectivity index (χ2n) is 10.4. The number of halogens is 1. The van der Waals surface area contributed by atoms with Gasteiger partial charge in [-0.2, -0.15) is 20.0 Å². The molecule has 0 spiro atoms. The number of carbonyl (C=O) groups is 2. The molecule has 0 bridgehead atoms. The van der Waals surface area contributed by atoms with E-state index in [-0.39, 0.29) is 41.2 Å². The molecule has 1 aliphatic heterocycles. The minimum absolute atomic E-state index is 0.0890. The van der Waals surface area contributed by atoms with E-state index in [4.69, 9.17) is 38.0 Å². The number of ether oxygens (including phenoxy) is 2. The highest BCUT2D eigenvalue weighted by Gasteiger charge is 2.36. The third kappa shape index (κ3) is 8.37. The summed E-state index contributed by atoms with van der Waals surface area (Å²) in [6.07, 6.45) is 0.920. The number of esters is 1. The van der Waals surface area contributed by atoms with Gasteiger partial charge in [0.15, 0.2) is 23.1 Å². The Bertz CT molecular complexity index is 1720. The van der Waals surface area contributed by atoms with Gasteiger partial charge in [0, 0.05) is 19.6 Å². The van der Waals surface area contributed by atoms with E-state index in [2.05, 4.69) is 42.4 Å². The lowest BCUT2D eigenvalue weighted by atomic mass is 10.00.